The van der Waals surface area contributed by atoms with E-state index in [1.807, 2.05) is 6.07 Å². The molecule has 0 aromatic carbocycles. The van der Waals surface area contributed by atoms with Crippen LogP contribution in [0.4, 0.5) is 0 Å². The van der Waals surface area contributed by atoms with Crippen molar-refractivity contribution in [1.29, 1.82) is 0 Å². The quantitative estimate of drug-likeness (QED) is 0.776. The highest BCUT2D eigenvalue weighted by atomic mass is 35.5. The first-order chi connectivity index (χ1) is 6.75. The molecule has 1 aliphatic carbocycles. The molecule has 0 amide bonds. The van der Waals surface area contributed by atoms with Crippen molar-refractivity contribution in [3.05, 3.63) is 33.5 Å². The van der Waals surface area contributed by atoms with Crippen molar-refractivity contribution < 1.29 is 0 Å². The fourth-order valence-electron chi connectivity index (χ4n) is 1.74. The molecule has 1 aliphatic rings. The first-order valence-corrected chi connectivity index (χ1v) is 6.13. The lowest BCUT2D eigenvalue weighted by Gasteiger charge is -2.16. The number of allylic oxidation sites excluding steroid dienone is 1. The van der Waals surface area contributed by atoms with Crippen molar-refractivity contribution in [2.45, 2.75) is 31.8 Å². The molecule has 0 radical (unpaired) electrons. The molecule has 2 rings (SSSR count). The van der Waals surface area contributed by atoms with E-state index >= 15 is 0 Å². The average Bonchev–Trinajstić information content (AvgIpc) is 2.75. The van der Waals surface area contributed by atoms with Crippen LogP contribution in [0, 0.1) is 0 Å². The molecular weight excluding hydrogens is 214 g/mol. The zero-order valence-corrected chi connectivity index (χ0v) is 9.74. The van der Waals surface area contributed by atoms with Crippen molar-refractivity contribution in [2.24, 2.45) is 0 Å². The van der Waals surface area contributed by atoms with Gasteiger partial charge >= 0.3 is 0 Å². The first-order valence-electron chi connectivity index (χ1n) is 4.93. The summed E-state index contributed by atoms with van der Waals surface area (Å²) in [5, 5.41) is 3.57. The Morgan fingerprint density at radius 1 is 1.57 bits per heavy atom. The van der Waals surface area contributed by atoms with Gasteiger partial charge in [0.25, 0.3) is 0 Å². The summed E-state index contributed by atoms with van der Waals surface area (Å²) in [5.74, 6) is 0. The maximum atomic E-state index is 5.90. The standard InChI is InChI=1S/C11H14ClNS/c1-8(10-6-7-11(12)14-10)13-9-4-2-3-5-9/h2,4,6-9,13H,3,5H2,1H3. The van der Waals surface area contributed by atoms with Crippen LogP contribution >= 0.6 is 22.9 Å². The maximum absolute atomic E-state index is 5.90. The monoisotopic (exact) mass is 227 g/mol. The molecule has 76 valence electrons. The van der Waals surface area contributed by atoms with Gasteiger partial charge in [-0.25, -0.2) is 0 Å². The third-order valence-corrected chi connectivity index (χ3v) is 3.91. The second-order valence-electron chi connectivity index (χ2n) is 3.64. The summed E-state index contributed by atoms with van der Waals surface area (Å²) in [7, 11) is 0. The average molecular weight is 228 g/mol. The molecule has 0 fully saturated rings. The largest absolute Gasteiger partial charge is 0.303 e. The number of hydrogen-bond donors (Lipinski definition) is 1. The normalized spacial score (nSPS) is 22.9. The fraction of sp³-hybridized carbons (Fsp3) is 0.455. The van der Waals surface area contributed by atoms with Gasteiger partial charge in [0.1, 0.15) is 0 Å². The third kappa shape index (κ3) is 2.38. The van der Waals surface area contributed by atoms with E-state index in [1.54, 1.807) is 11.3 Å². The van der Waals surface area contributed by atoms with Crippen molar-refractivity contribution in [3.63, 3.8) is 0 Å². The summed E-state index contributed by atoms with van der Waals surface area (Å²) in [6.45, 7) is 2.19. The molecule has 0 saturated heterocycles. The van der Waals surface area contributed by atoms with Gasteiger partial charge in [0.05, 0.1) is 4.34 Å². The van der Waals surface area contributed by atoms with Gasteiger partial charge in [-0.3, -0.25) is 0 Å². The van der Waals surface area contributed by atoms with E-state index in [0.29, 0.717) is 12.1 Å². The van der Waals surface area contributed by atoms with Gasteiger partial charge < -0.3 is 5.32 Å². The predicted molar refractivity (Wildman–Crippen MR) is 63.0 cm³/mol. The van der Waals surface area contributed by atoms with Crippen LogP contribution in [0.15, 0.2) is 24.3 Å². The minimum absolute atomic E-state index is 0.403. The van der Waals surface area contributed by atoms with Gasteiger partial charge in [0.15, 0.2) is 0 Å². The minimum Gasteiger partial charge on any atom is -0.303 e. The van der Waals surface area contributed by atoms with Crippen LogP contribution in [0.1, 0.15) is 30.7 Å². The smallest absolute Gasteiger partial charge is 0.0931 e. The second-order valence-corrected chi connectivity index (χ2v) is 5.39. The molecular formula is C11H14ClNS. The second kappa shape index (κ2) is 4.47. The lowest BCUT2D eigenvalue weighted by Crippen LogP contribution is -2.27. The number of halogens is 1. The Bertz CT molecular complexity index is 332. The molecule has 14 heavy (non-hydrogen) atoms. The lowest BCUT2D eigenvalue weighted by atomic mass is 10.2. The van der Waals surface area contributed by atoms with Crippen LogP contribution in [-0.4, -0.2) is 6.04 Å². The van der Waals surface area contributed by atoms with Gasteiger partial charge in [-0.1, -0.05) is 23.8 Å². The highest BCUT2D eigenvalue weighted by Crippen LogP contribution is 2.27. The van der Waals surface area contributed by atoms with Crippen LogP contribution in [0.25, 0.3) is 0 Å². The molecule has 2 atom stereocenters. The van der Waals surface area contributed by atoms with E-state index in [1.165, 1.54) is 17.7 Å². The van der Waals surface area contributed by atoms with Gasteiger partial charge in [-0.05, 0) is 31.9 Å². The molecule has 2 unspecified atom stereocenters. The van der Waals surface area contributed by atoms with Gasteiger partial charge in [0, 0.05) is 17.0 Å². The molecule has 0 saturated carbocycles. The number of hydrogen-bond acceptors (Lipinski definition) is 2. The minimum atomic E-state index is 0.403. The van der Waals surface area contributed by atoms with Crippen molar-refractivity contribution in [1.82, 2.24) is 5.32 Å². The summed E-state index contributed by atoms with van der Waals surface area (Å²) in [4.78, 5) is 1.32. The Labute approximate surface area is 93.8 Å². The highest BCUT2D eigenvalue weighted by molar-refractivity contribution is 7.16. The van der Waals surface area contributed by atoms with E-state index < -0.39 is 0 Å². The third-order valence-electron chi connectivity index (χ3n) is 2.50. The summed E-state index contributed by atoms with van der Waals surface area (Å²) in [5.41, 5.74) is 0. The summed E-state index contributed by atoms with van der Waals surface area (Å²) in [6.07, 6.45) is 6.93. The molecule has 0 bridgehead atoms. The van der Waals surface area contributed by atoms with E-state index in [4.69, 9.17) is 11.6 Å². The topological polar surface area (TPSA) is 12.0 Å². The zero-order chi connectivity index (χ0) is 9.97. The van der Waals surface area contributed by atoms with Crippen molar-refractivity contribution >= 4 is 22.9 Å². The predicted octanol–water partition coefficient (Wildman–Crippen LogP) is 3.77. The highest BCUT2D eigenvalue weighted by Gasteiger charge is 2.14. The SMILES string of the molecule is CC(NC1C=CCC1)c1ccc(Cl)s1. The molecule has 1 aromatic rings. The van der Waals surface area contributed by atoms with E-state index in [0.717, 1.165) is 4.34 Å². The van der Waals surface area contributed by atoms with E-state index in [2.05, 4.69) is 30.5 Å². The first kappa shape index (κ1) is 10.2. The van der Waals surface area contributed by atoms with Gasteiger partial charge in [-0.15, -0.1) is 11.3 Å². The van der Waals surface area contributed by atoms with Crippen molar-refractivity contribution in [2.75, 3.05) is 0 Å². The van der Waals surface area contributed by atoms with Gasteiger partial charge in [0.2, 0.25) is 0 Å². The number of nitrogens with one attached hydrogen (secondary N) is 1. The van der Waals surface area contributed by atoms with Gasteiger partial charge in [-0.2, -0.15) is 0 Å². The van der Waals surface area contributed by atoms with Crippen LogP contribution in [0.2, 0.25) is 4.34 Å². The number of thiophene rings is 1. The summed E-state index contributed by atoms with van der Waals surface area (Å²) < 4.78 is 0.871. The van der Waals surface area contributed by atoms with E-state index in [-0.39, 0.29) is 0 Å². The molecule has 1 N–H and O–H groups in total. The zero-order valence-electron chi connectivity index (χ0n) is 8.16. The Kier molecular flexibility index (Phi) is 3.26. The van der Waals surface area contributed by atoms with Crippen molar-refractivity contribution in [3.8, 4) is 0 Å². The maximum Gasteiger partial charge on any atom is 0.0931 e. The Morgan fingerprint density at radius 2 is 2.43 bits per heavy atom. The molecule has 0 aliphatic heterocycles. The molecule has 1 aromatic heterocycles. The summed E-state index contributed by atoms with van der Waals surface area (Å²) in [6, 6.07) is 5.01. The van der Waals surface area contributed by atoms with Crippen LogP contribution < -0.4 is 5.32 Å². The Hall–Kier alpha value is -0.310. The fourth-order valence-corrected chi connectivity index (χ4v) is 2.81. The lowest BCUT2D eigenvalue weighted by molar-refractivity contribution is 0.511. The number of rotatable bonds is 3. The van der Waals surface area contributed by atoms with E-state index in [9.17, 15) is 0 Å². The molecule has 0 spiro atoms. The summed E-state index contributed by atoms with van der Waals surface area (Å²) >= 11 is 7.56. The molecule has 3 heteroatoms. The van der Waals surface area contributed by atoms with Crippen LogP contribution in [0.3, 0.4) is 0 Å². The Morgan fingerprint density at radius 3 is 3.00 bits per heavy atom. The molecule has 1 heterocycles. The Balaban J connectivity index is 1.94. The van der Waals surface area contributed by atoms with Crippen LogP contribution in [-0.2, 0) is 0 Å². The van der Waals surface area contributed by atoms with Crippen LogP contribution in [0.5, 0.6) is 0 Å². The molecule has 1 nitrogen and oxygen atoms in total.